The first-order chi connectivity index (χ1) is 16.6. The smallest absolute Gasteiger partial charge is 0.223 e. The molecule has 5 rings (SSSR count). The van der Waals surface area contributed by atoms with Crippen LogP contribution >= 0.6 is 22.9 Å². The van der Waals surface area contributed by atoms with Crippen molar-refractivity contribution in [3.05, 3.63) is 77.4 Å². The summed E-state index contributed by atoms with van der Waals surface area (Å²) in [5.74, 6) is 1.37. The highest BCUT2D eigenvalue weighted by Crippen LogP contribution is 2.41. The summed E-state index contributed by atoms with van der Waals surface area (Å²) in [7, 11) is 0. The number of rotatable bonds is 6. The monoisotopic (exact) mass is 489 g/mol. The second-order valence-corrected chi connectivity index (χ2v) is 10.3. The lowest BCUT2D eigenvalue weighted by atomic mass is 10.00. The van der Waals surface area contributed by atoms with Crippen molar-refractivity contribution in [3.63, 3.8) is 0 Å². The fourth-order valence-corrected chi connectivity index (χ4v) is 5.52. The molecule has 1 atom stereocenters. The van der Waals surface area contributed by atoms with E-state index in [4.69, 9.17) is 21.6 Å². The van der Waals surface area contributed by atoms with Crippen LogP contribution < -0.4 is 10.2 Å². The summed E-state index contributed by atoms with van der Waals surface area (Å²) in [5, 5.41) is 5.19. The van der Waals surface area contributed by atoms with Gasteiger partial charge in [-0.2, -0.15) is 0 Å². The van der Waals surface area contributed by atoms with Crippen LogP contribution in [-0.2, 0) is 0 Å². The fraction of sp³-hybridized carbons (Fsp3) is 0.296. The quantitative estimate of drug-likeness (QED) is 0.307. The molecule has 2 aromatic carbocycles. The van der Waals surface area contributed by atoms with Gasteiger partial charge in [0.1, 0.15) is 0 Å². The molecule has 0 unspecified atom stereocenters. The van der Waals surface area contributed by atoms with Gasteiger partial charge in [0.2, 0.25) is 5.95 Å². The average molecular weight is 490 g/mol. The summed E-state index contributed by atoms with van der Waals surface area (Å²) in [6, 6.07) is 20.3. The van der Waals surface area contributed by atoms with Crippen molar-refractivity contribution in [1.82, 2.24) is 15.0 Å². The molecule has 1 aliphatic heterocycles. The molecule has 0 radical (unpaired) electrons. The van der Waals surface area contributed by atoms with E-state index in [0.29, 0.717) is 11.0 Å². The standard InChI is InChI=1S/C27H28ClN5S/c1-18-12-15-33(16-13-18)27-32-24(21-9-6-10-22(28)17-21)25(34-27)23-11-14-29-26(31-23)30-19(2)20-7-4-3-5-8-20/h3-11,14,17-19H,12-13,15-16H2,1-2H3,(H,29,30,31)/t19-/m0/s1. The van der Waals surface area contributed by atoms with Gasteiger partial charge in [0.05, 0.1) is 22.3 Å². The van der Waals surface area contributed by atoms with Crippen LogP contribution in [0.1, 0.15) is 38.3 Å². The first-order valence-corrected chi connectivity index (χ1v) is 12.9. The van der Waals surface area contributed by atoms with Crippen molar-refractivity contribution in [2.45, 2.75) is 32.7 Å². The van der Waals surface area contributed by atoms with E-state index >= 15 is 0 Å². The molecule has 1 fully saturated rings. The lowest BCUT2D eigenvalue weighted by molar-refractivity contribution is 0.438. The molecule has 34 heavy (non-hydrogen) atoms. The summed E-state index contributed by atoms with van der Waals surface area (Å²) in [4.78, 5) is 17.9. The predicted octanol–water partition coefficient (Wildman–Crippen LogP) is 7.33. The Hall–Kier alpha value is -2.96. The summed E-state index contributed by atoms with van der Waals surface area (Å²) in [5.41, 5.74) is 3.97. The third-order valence-corrected chi connectivity index (χ3v) is 7.68. The molecule has 174 valence electrons. The Balaban J connectivity index is 1.50. The Morgan fingerprint density at radius 3 is 2.59 bits per heavy atom. The number of benzene rings is 2. The number of thiazole rings is 1. The minimum Gasteiger partial charge on any atom is -0.348 e. The van der Waals surface area contributed by atoms with Crippen LogP contribution in [0.5, 0.6) is 0 Å². The average Bonchev–Trinajstić information content (AvgIpc) is 3.31. The number of nitrogens with zero attached hydrogens (tertiary/aromatic N) is 4. The Morgan fingerprint density at radius 2 is 1.82 bits per heavy atom. The van der Waals surface area contributed by atoms with E-state index in [1.54, 1.807) is 11.3 Å². The second-order valence-electron chi connectivity index (χ2n) is 8.90. The number of hydrogen-bond acceptors (Lipinski definition) is 6. The van der Waals surface area contributed by atoms with Gasteiger partial charge in [0.15, 0.2) is 5.13 Å². The third-order valence-electron chi connectivity index (χ3n) is 6.30. The summed E-state index contributed by atoms with van der Waals surface area (Å²) in [6.45, 7) is 6.52. The molecule has 1 N–H and O–H groups in total. The van der Waals surface area contributed by atoms with Gasteiger partial charge < -0.3 is 10.2 Å². The van der Waals surface area contributed by atoms with E-state index in [0.717, 1.165) is 46.0 Å². The SMILES string of the molecule is CC1CCN(c2nc(-c3cccc(Cl)c3)c(-c3ccnc(N[C@@H](C)c4ccccc4)n3)s2)CC1. The molecule has 0 bridgehead atoms. The number of halogens is 1. The first-order valence-electron chi connectivity index (χ1n) is 11.7. The lowest BCUT2D eigenvalue weighted by Gasteiger charge is -2.29. The second kappa shape index (κ2) is 10.1. The summed E-state index contributed by atoms with van der Waals surface area (Å²) in [6.07, 6.45) is 4.20. The van der Waals surface area contributed by atoms with E-state index in [1.807, 2.05) is 48.7 Å². The molecule has 0 amide bonds. The van der Waals surface area contributed by atoms with E-state index in [-0.39, 0.29) is 6.04 Å². The van der Waals surface area contributed by atoms with Crippen molar-refractivity contribution >= 4 is 34.0 Å². The van der Waals surface area contributed by atoms with E-state index in [9.17, 15) is 0 Å². The maximum Gasteiger partial charge on any atom is 0.223 e. The molecular formula is C27H28ClN5S. The number of nitrogens with one attached hydrogen (secondary N) is 1. The number of anilines is 2. The van der Waals surface area contributed by atoms with Crippen LogP contribution in [0, 0.1) is 5.92 Å². The highest BCUT2D eigenvalue weighted by molar-refractivity contribution is 7.19. The first kappa shape index (κ1) is 22.8. The van der Waals surface area contributed by atoms with Gasteiger partial charge in [0, 0.05) is 29.9 Å². The van der Waals surface area contributed by atoms with Gasteiger partial charge in [-0.05, 0) is 49.4 Å². The topological polar surface area (TPSA) is 53.9 Å². The molecule has 5 nitrogen and oxygen atoms in total. The minimum absolute atomic E-state index is 0.0937. The zero-order valence-electron chi connectivity index (χ0n) is 19.4. The number of piperidine rings is 1. The lowest BCUT2D eigenvalue weighted by Crippen LogP contribution is -2.32. The Bertz CT molecular complexity index is 1250. The zero-order chi connectivity index (χ0) is 23.5. The molecule has 7 heteroatoms. The maximum absolute atomic E-state index is 6.33. The van der Waals surface area contributed by atoms with Crippen molar-refractivity contribution < 1.29 is 0 Å². The third kappa shape index (κ3) is 5.08. The molecular weight excluding hydrogens is 462 g/mol. The van der Waals surface area contributed by atoms with Crippen LogP contribution in [0.4, 0.5) is 11.1 Å². The molecule has 0 spiro atoms. The van der Waals surface area contributed by atoms with Crippen LogP contribution in [0.15, 0.2) is 66.9 Å². The van der Waals surface area contributed by atoms with Gasteiger partial charge >= 0.3 is 0 Å². The van der Waals surface area contributed by atoms with Crippen molar-refractivity contribution in [2.24, 2.45) is 5.92 Å². The highest BCUT2D eigenvalue weighted by Gasteiger charge is 2.23. The molecule has 3 heterocycles. The number of aromatic nitrogens is 3. The minimum atomic E-state index is 0.0937. The van der Waals surface area contributed by atoms with Crippen LogP contribution in [-0.4, -0.2) is 28.0 Å². The summed E-state index contributed by atoms with van der Waals surface area (Å²) < 4.78 is 0. The zero-order valence-corrected chi connectivity index (χ0v) is 21.0. The van der Waals surface area contributed by atoms with Gasteiger partial charge in [-0.15, -0.1) is 0 Å². The predicted molar refractivity (Wildman–Crippen MR) is 143 cm³/mol. The maximum atomic E-state index is 6.33. The van der Waals surface area contributed by atoms with E-state index in [1.165, 1.54) is 18.4 Å². The molecule has 1 aliphatic rings. The normalized spacial score (nSPS) is 15.3. The van der Waals surface area contributed by atoms with Crippen molar-refractivity contribution in [3.8, 4) is 21.8 Å². The highest BCUT2D eigenvalue weighted by atomic mass is 35.5. The van der Waals surface area contributed by atoms with Crippen molar-refractivity contribution in [1.29, 1.82) is 0 Å². The Labute approximate surface area is 209 Å². The van der Waals surface area contributed by atoms with Crippen LogP contribution in [0.25, 0.3) is 21.8 Å². The molecule has 0 aliphatic carbocycles. The molecule has 0 saturated carbocycles. The number of hydrogen-bond donors (Lipinski definition) is 1. The summed E-state index contributed by atoms with van der Waals surface area (Å²) >= 11 is 8.03. The van der Waals surface area contributed by atoms with Crippen LogP contribution in [0.3, 0.4) is 0 Å². The van der Waals surface area contributed by atoms with Crippen LogP contribution in [0.2, 0.25) is 5.02 Å². The van der Waals surface area contributed by atoms with Gasteiger partial charge in [-0.1, -0.05) is 72.3 Å². The van der Waals surface area contributed by atoms with Crippen molar-refractivity contribution in [2.75, 3.05) is 23.3 Å². The molecule has 2 aromatic heterocycles. The molecule has 4 aromatic rings. The Morgan fingerprint density at radius 1 is 1.03 bits per heavy atom. The largest absolute Gasteiger partial charge is 0.348 e. The fourth-order valence-electron chi connectivity index (χ4n) is 4.22. The Kier molecular flexibility index (Phi) is 6.79. The van der Waals surface area contributed by atoms with E-state index in [2.05, 4.69) is 47.2 Å². The van der Waals surface area contributed by atoms with Gasteiger partial charge in [-0.3, -0.25) is 0 Å². The van der Waals surface area contributed by atoms with Gasteiger partial charge in [-0.25, -0.2) is 15.0 Å². The van der Waals surface area contributed by atoms with E-state index < -0.39 is 0 Å². The van der Waals surface area contributed by atoms with Gasteiger partial charge in [0.25, 0.3) is 0 Å². The molecule has 1 saturated heterocycles.